The van der Waals surface area contributed by atoms with Crippen molar-refractivity contribution >= 4 is 49.9 Å². The van der Waals surface area contributed by atoms with Crippen molar-refractivity contribution in [3.05, 3.63) is 47.5 Å². The van der Waals surface area contributed by atoms with Gasteiger partial charge in [0, 0.05) is 60.8 Å². The van der Waals surface area contributed by atoms with Crippen LogP contribution in [0.15, 0.2) is 36.2 Å². The zero-order valence-corrected chi connectivity index (χ0v) is 36.4. The Balaban J connectivity index is 1.11. The molecule has 1 unspecified atom stereocenters. The minimum absolute atomic E-state index is 0.0754. The molecule has 0 radical (unpaired) electrons. The number of amides is 2. The Labute approximate surface area is 351 Å². The van der Waals surface area contributed by atoms with Crippen molar-refractivity contribution in [1.82, 2.24) is 24.5 Å². The quantitative estimate of drug-likeness (QED) is 0.168. The average molecular weight is 848 g/mol. The third-order valence-electron chi connectivity index (χ3n) is 13.2. The van der Waals surface area contributed by atoms with Crippen molar-refractivity contribution in [2.45, 2.75) is 109 Å². The van der Waals surface area contributed by atoms with Gasteiger partial charge in [-0.05, 0) is 68.9 Å². The van der Waals surface area contributed by atoms with Crippen molar-refractivity contribution in [2.75, 3.05) is 39.5 Å². The van der Waals surface area contributed by atoms with Crippen molar-refractivity contribution in [3.8, 4) is 22.2 Å². The van der Waals surface area contributed by atoms with Gasteiger partial charge >= 0.3 is 0 Å². The highest BCUT2D eigenvalue weighted by molar-refractivity contribution is 7.90. The number of aryl methyl sites for hydroxylation is 1. The summed E-state index contributed by atoms with van der Waals surface area (Å²) in [4.78, 5) is 56.7. The third kappa shape index (κ3) is 8.28. The first-order valence-corrected chi connectivity index (χ1v) is 23.7. The molecule has 318 valence electrons. The highest BCUT2D eigenvalue weighted by atomic mass is 32.2. The van der Waals surface area contributed by atoms with Crippen LogP contribution in [0.25, 0.3) is 21.6 Å². The Kier molecular flexibility index (Phi) is 11.7. The van der Waals surface area contributed by atoms with Gasteiger partial charge in [-0.1, -0.05) is 33.8 Å². The highest BCUT2D eigenvalue weighted by Gasteiger charge is 2.62. The van der Waals surface area contributed by atoms with Crippen molar-refractivity contribution in [1.29, 1.82) is 0 Å². The molecule has 3 saturated heterocycles. The van der Waals surface area contributed by atoms with E-state index in [1.807, 2.05) is 39.0 Å². The van der Waals surface area contributed by atoms with Crippen LogP contribution in [0.2, 0.25) is 0 Å². The molecule has 59 heavy (non-hydrogen) atoms. The van der Waals surface area contributed by atoms with Crippen LogP contribution in [0.5, 0.6) is 11.5 Å². The first kappa shape index (κ1) is 41.8. The first-order chi connectivity index (χ1) is 28.2. The Morgan fingerprint density at radius 2 is 1.86 bits per heavy atom. The van der Waals surface area contributed by atoms with Gasteiger partial charge in [-0.15, -0.1) is 17.9 Å². The minimum Gasteiger partial charge on any atom is -0.492 e. The number of thiazole rings is 1. The fourth-order valence-corrected chi connectivity index (χ4v) is 11.6. The maximum atomic E-state index is 14.6. The van der Waals surface area contributed by atoms with Gasteiger partial charge in [0.2, 0.25) is 21.8 Å². The van der Waals surface area contributed by atoms with Gasteiger partial charge in [0.05, 0.1) is 47.2 Å². The number of rotatable bonds is 16. The summed E-state index contributed by atoms with van der Waals surface area (Å²) in [5.41, 5.74) is 2.02. The number of morpholine rings is 1. The van der Waals surface area contributed by atoms with E-state index >= 15 is 0 Å². The lowest BCUT2D eigenvalue weighted by Crippen LogP contribution is -2.54. The van der Waals surface area contributed by atoms with E-state index in [4.69, 9.17) is 24.2 Å². The van der Waals surface area contributed by atoms with Crippen molar-refractivity contribution < 1.29 is 37.0 Å². The fourth-order valence-electron chi connectivity index (χ4n) is 9.23. The van der Waals surface area contributed by atoms with Crippen LogP contribution < -0.4 is 14.2 Å². The number of fused-ring (bicyclic) bond motifs is 2. The van der Waals surface area contributed by atoms with Crippen LogP contribution in [-0.2, 0) is 29.1 Å². The lowest BCUT2D eigenvalue weighted by molar-refractivity contribution is -0.149. The number of sulfonamides is 1. The van der Waals surface area contributed by atoms with Crippen LogP contribution in [0.3, 0.4) is 0 Å². The Bertz CT molecular complexity index is 2230. The number of carbonyl (C=O) groups excluding carboxylic acids is 3. The topological polar surface area (TPSA) is 157 Å². The lowest BCUT2D eigenvalue weighted by Gasteiger charge is -2.40. The van der Waals surface area contributed by atoms with Gasteiger partial charge in [0.25, 0.3) is 0 Å². The second kappa shape index (κ2) is 16.5. The van der Waals surface area contributed by atoms with Crippen LogP contribution >= 0.6 is 11.3 Å². The monoisotopic (exact) mass is 847 g/mol. The molecule has 8 rings (SSSR count). The van der Waals surface area contributed by atoms with Crippen LogP contribution in [0, 0.1) is 30.1 Å². The predicted octanol–water partition coefficient (Wildman–Crippen LogP) is 6.04. The van der Waals surface area contributed by atoms with Crippen LogP contribution in [0.1, 0.15) is 89.8 Å². The number of aromatic nitrogens is 2. The fraction of sp³-hybridized carbons (Fsp3) is 0.614. The molecule has 1 N–H and O–H groups in total. The molecule has 6 atom stereocenters. The van der Waals surface area contributed by atoms with Gasteiger partial charge in [-0.2, -0.15) is 0 Å². The molecule has 2 aromatic heterocycles. The molecular formula is C44H57N5O8S2. The summed E-state index contributed by atoms with van der Waals surface area (Å²) in [6.07, 6.45) is 3.84. The Morgan fingerprint density at radius 1 is 1.10 bits per heavy atom. The summed E-state index contributed by atoms with van der Waals surface area (Å²) in [7, 11) is -3.82. The number of hydrogen-bond acceptors (Lipinski definition) is 12. The van der Waals surface area contributed by atoms with Gasteiger partial charge in [0.1, 0.15) is 34.9 Å². The number of hydrogen-bond donors (Lipinski definition) is 1. The Morgan fingerprint density at radius 3 is 2.53 bits per heavy atom. The molecule has 5 fully saturated rings. The van der Waals surface area contributed by atoms with Gasteiger partial charge < -0.3 is 19.1 Å². The molecule has 2 saturated carbocycles. The van der Waals surface area contributed by atoms with Gasteiger partial charge in [0.15, 0.2) is 5.78 Å². The molecule has 2 aliphatic carbocycles. The molecule has 15 heteroatoms. The van der Waals surface area contributed by atoms with Crippen LogP contribution in [-0.4, -0.2) is 109 Å². The van der Waals surface area contributed by atoms with Crippen molar-refractivity contribution in [3.63, 3.8) is 0 Å². The van der Waals surface area contributed by atoms with Crippen molar-refractivity contribution in [2.24, 2.45) is 23.2 Å². The summed E-state index contributed by atoms with van der Waals surface area (Å²) < 4.78 is 46.8. The van der Waals surface area contributed by atoms with E-state index in [9.17, 15) is 22.8 Å². The van der Waals surface area contributed by atoms with E-state index < -0.39 is 38.7 Å². The van der Waals surface area contributed by atoms with E-state index in [0.717, 1.165) is 65.8 Å². The minimum atomic E-state index is -3.82. The highest BCUT2D eigenvalue weighted by Crippen LogP contribution is 2.57. The molecule has 5 aliphatic rings. The summed E-state index contributed by atoms with van der Waals surface area (Å²) in [5.74, 6) is 0.0468. The number of nitrogens with zero attached hydrogens (tertiary/aromatic N) is 4. The molecule has 3 aliphatic heterocycles. The summed E-state index contributed by atoms with van der Waals surface area (Å²) >= 11 is 1.53. The zero-order valence-electron chi connectivity index (χ0n) is 34.8. The van der Waals surface area contributed by atoms with E-state index in [1.54, 1.807) is 11.0 Å². The summed E-state index contributed by atoms with van der Waals surface area (Å²) in [6, 6.07) is 4.64. The maximum absolute atomic E-state index is 14.6. The molecule has 0 spiro atoms. The molecule has 2 amide bonds. The second-order valence-corrected chi connectivity index (χ2v) is 20.6. The number of ketones is 1. The predicted molar refractivity (Wildman–Crippen MR) is 226 cm³/mol. The van der Waals surface area contributed by atoms with E-state index in [0.29, 0.717) is 50.2 Å². The molecule has 13 nitrogen and oxygen atoms in total. The van der Waals surface area contributed by atoms with E-state index in [2.05, 4.69) is 35.4 Å². The number of piperidine rings is 1. The van der Waals surface area contributed by atoms with E-state index in [1.165, 1.54) is 11.3 Å². The molecular weight excluding hydrogens is 791 g/mol. The number of Topliss-reactive ketones (excluding diaryl/α,β-unsaturated/α-hetero) is 1. The SMILES string of the molecule is C=C[C@@H]1C[C@]1(CC(=O)[C@@H]1C[C@@H](Oc2cc(-c3nc(C(C)C)cs3)nc3c(C)c(OCCN4CCOCC4)ccc23)[C@H]2CCC(C(C)C)C(=O)N21)C(=O)NS(=O)(=O)C1CC1. The normalized spacial score (nSPS) is 27.3. The summed E-state index contributed by atoms with van der Waals surface area (Å²) in [5, 5.41) is 3.03. The maximum Gasteiger partial charge on any atom is 0.240 e. The second-order valence-electron chi connectivity index (χ2n) is 17.8. The average Bonchev–Trinajstić information content (AvgIpc) is 4.10. The zero-order chi connectivity index (χ0) is 41.8. The van der Waals surface area contributed by atoms with E-state index in [-0.39, 0.29) is 54.2 Å². The molecule has 1 aromatic carbocycles. The number of allylic oxidation sites excluding steroid dienone is 1. The third-order valence-corrected chi connectivity index (χ3v) is 15.9. The number of nitrogens with one attached hydrogen (secondary N) is 1. The lowest BCUT2D eigenvalue weighted by atomic mass is 9.84. The van der Waals surface area contributed by atoms with Crippen LogP contribution in [0.4, 0.5) is 0 Å². The number of pyridine rings is 1. The number of ether oxygens (including phenoxy) is 3. The summed E-state index contributed by atoms with van der Waals surface area (Å²) in [6.45, 7) is 18.7. The standard InChI is InChI=1S/C44H57N5O8S2/c1-7-28-22-44(28,43(52)47-59(53,54)29-8-9-29)23-36(50)35-21-39(34-12-10-30(25(2)3)42(51)49(34)35)57-38-20-32(41-46-33(24-58-41)26(4)5)45-40-27(6)37(13-11-31(38)40)56-19-16-48-14-17-55-18-15-48/h7,11,13,20,24-26,28-30,34-35,39H,1,8-10,12,14-19,21-23H2,2-6H3,(H,47,52)/t28-,30?,34-,35+,39-,44-/m1/s1. The van der Waals surface area contributed by atoms with Gasteiger partial charge in [-0.3, -0.25) is 24.0 Å². The first-order valence-electron chi connectivity index (χ1n) is 21.2. The smallest absolute Gasteiger partial charge is 0.240 e. The molecule has 5 heterocycles. The largest absolute Gasteiger partial charge is 0.492 e. The number of carbonyl (C=O) groups is 3. The molecule has 3 aromatic rings. The number of benzene rings is 1. The van der Waals surface area contributed by atoms with Gasteiger partial charge in [-0.25, -0.2) is 18.4 Å². The Hall–Kier alpha value is -3.92. The molecule has 0 bridgehead atoms.